The Hall–Kier alpha value is -0.420. The van der Waals surface area contributed by atoms with Gasteiger partial charge in [-0.2, -0.15) is 0 Å². The van der Waals surface area contributed by atoms with Gasteiger partial charge in [-0.05, 0) is 25.1 Å². The Balaban J connectivity index is 1.76. The topological polar surface area (TPSA) is 24.5 Å². The second-order valence-electron chi connectivity index (χ2n) is 4.43. The molecule has 0 atom stereocenters. The Morgan fingerprint density at radius 3 is 2.82 bits per heavy atom. The molecule has 0 bridgehead atoms. The van der Waals surface area contributed by atoms with E-state index >= 15 is 0 Å². The summed E-state index contributed by atoms with van der Waals surface area (Å²) in [6.45, 7) is 9.32. The lowest BCUT2D eigenvalue weighted by Gasteiger charge is -2.25. The third kappa shape index (κ3) is 4.39. The van der Waals surface area contributed by atoms with Crippen molar-refractivity contribution in [2.75, 3.05) is 32.8 Å². The zero-order chi connectivity index (χ0) is 11.9. The van der Waals surface area contributed by atoms with Crippen molar-refractivity contribution in [2.45, 2.75) is 26.4 Å². The number of hydrogen-bond acceptors (Lipinski definition) is 4. The number of ether oxygens (including phenoxy) is 1. The zero-order valence-corrected chi connectivity index (χ0v) is 11.4. The molecule has 96 valence electrons. The predicted molar refractivity (Wildman–Crippen MR) is 72.4 cm³/mol. The van der Waals surface area contributed by atoms with E-state index in [2.05, 4.69) is 29.3 Å². The summed E-state index contributed by atoms with van der Waals surface area (Å²) in [5.41, 5.74) is 0. The minimum Gasteiger partial charge on any atom is -0.379 e. The fourth-order valence-electron chi connectivity index (χ4n) is 1.97. The van der Waals surface area contributed by atoms with Crippen molar-refractivity contribution in [3.63, 3.8) is 0 Å². The van der Waals surface area contributed by atoms with Crippen LogP contribution in [-0.4, -0.2) is 37.7 Å². The zero-order valence-electron chi connectivity index (χ0n) is 10.6. The number of hydrogen-bond donors (Lipinski definition) is 1. The number of thiophene rings is 1. The van der Waals surface area contributed by atoms with Crippen LogP contribution in [0.25, 0.3) is 0 Å². The lowest BCUT2D eigenvalue weighted by molar-refractivity contribution is 0.0346. The molecular weight excluding hydrogens is 232 g/mol. The normalized spacial score (nSPS) is 17.5. The molecule has 17 heavy (non-hydrogen) atoms. The molecule has 1 saturated heterocycles. The fourth-order valence-corrected chi connectivity index (χ4v) is 3.00. The maximum absolute atomic E-state index is 5.36. The van der Waals surface area contributed by atoms with Crippen molar-refractivity contribution in [2.24, 2.45) is 0 Å². The molecule has 1 aromatic heterocycles. The van der Waals surface area contributed by atoms with Gasteiger partial charge in [0.15, 0.2) is 0 Å². The van der Waals surface area contributed by atoms with Crippen LogP contribution in [0.1, 0.15) is 23.1 Å². The smallest absolute Gasteiger partial charge is 0.0594 e. The highest BCUT2D eigenvalue weighted by Crippen LogP contribution is 2.18. The van der Waals surface area contributed by atoms with Crippen LogP contribution >= 0.6 is 11.3 Å². The van der Waals surface area contributed by atoms with Gasteiger partial charge in [0.2, 0.25) is 0 Å². The first-order valence-electron chi connectivity index (χ1n) is 6.47. The second-order valence-corrected chi connectivity index (χ2v) is 5.69. The maximum atomic E-state index is 5.36. The largest absolute Gasteiger partial charge is 0.379 e. The first kappa shape index (κ1) is 13.0. The number of morpholine rings is 1. The number of rotatable bonds is 6. The summed E-state index contributed by atoms with van der Waals surface area (Å²) in [6.07, 6.45) is 1.20. The second kappa shape index (κ2) is 7.11. The Morgan fingerprint density at radius 2 is 2.06 bits per heavy atom. The Bertz CT molecular complexity index is 321. The molecule has 2 rings (SSSR count). The SMILES string of the molecule is CCCNCc1ccc(CN2CCOCC2)s1. The highest BCUT2D eigenvalue weighted by atomic mass is 32.1. The Morgan fingerprint density at radius 1 is 1.29 bits per heavy atom. The third-order valence-electron chi connectivity index (χ3n) is 2.93. The van der Waals surface area contributed by atoms with Gasteiger partial charge in [-0.15, -0.1) is 11.3 Å². The van der Waals surface area contributed by atoms with Gasteiger partial charge in [-0.1, -0.05) is 6.92 Å². The summed E-state index contributed by atoms with van der Waals surface area (Å²) < 4.78 is 5.36. The van der Waals surface area contributed by atoms with Gasteiger partial charge in [0.05, 0.1) is 13.2 Å². The molecule has 0 aromatic carbocycles. The van der Waals surface area contributed by atoms with Crippen LogP contribution in [0.2, 0.25) is 0 Å². The highest BCUT2D eigenvalue weighted by molar-refractivity contribution is 7.11. The van der Waals surface area contributed by atoms with Gasteiger partial charge in [0.1, 0.15) is 0 Å². The van der Waals surface area contributed by atoms with Crippen molar-refractivity contribution < 1.29 is 4.74 Å². The number of nitrogens with one attached hydrogen (secondary N) is 1. The van der Waals surface area contributed by atoms with E-state index in [1.165, 1.54) is 16.2 Å². The quantitative estimate of drug-likeness (QED) is 0.787. The third-order valence-corrected chi connectivity index (χ3v) is 4.00. The molecule has 0 aliphatic carbocycles. The van der Waals surface area contributed by atoms with Crippen molar-refractivity contribution in [1.82, 2.24) is 10.2 Å². The van der Waals surface area contributed by atoms with Crippen LogP contribution in [0.15, 0.2) is 12.1 Å². The average Bonchev–Trinajstić information content (AvgIpc) is 2.79. The molecule has 3 nitrogen and oxygen atoms in total. The summed E-state index contributed by atoms with van der Waals surface area (Å²) >= 11 is 1.93. The Kier molecular flexibility index (Phi) is 5.45. The molecule has 4 heteroatoms. The van der Waals surface area contributed by atoms with Crippen molar-refractivity contribution >= 4 is 11.3 Å². The van der Waals surface area contributed by atoms with Gasteiger partial charge >= 0.3 is 0 Å². The van der Waals surface area contributed by atoms with E-state index in [0.29, 0.717) is 0 Å². The lowest BCUT2D eigenvalue weighted by atomic mass is 10.3. The van der Waals surface area contributed by atoms with Gasteiger partial charge in [0.25, 0.3) is 0 Å². The van der Waals surface area contributed by atoms with Crippen LogP contribution in [0.5, 0.6) is 0 Å². The van der Waals surface area contributed by atoms with E-state index in [1.54, 1.807) is 0 Å². The van der Waals surface area contributed by atoms with Crippen LogP contribution < -0.4 is 5.32 Å². The molecule has 0 unspecified atom stereocenters. The van der Waals surface area contributed by atoms with E-state index in [1.807, 2.05) is 11.3 Å². The molecule has 2 heterocycles. The number of nitrogens with zero attached hydrogens (tertiary/aromatic N) is 1. The summed E-state index contributed by atoms with van der Waals surface area (Å²) in [4.78, 5) is 5.39. The molecule has 0 radical (unpaired) electrons. The first-order chi connectivity index (χ1) is 8.38. The van der Waals surface area contributed by atoms with Gasteiger partial charge < -0.3 is 10.1 Å². The molecule has 1 aromatic rings. The standard InChI is InChI=1S/C13H22N2OS/c1-2-5-14-10-12-3-4-13(17-12)11-15-6-8-16-9-7-15/h3-4,14H,2,5-11H2,1H3. The first-order valence-corrected chi connectivity index (χ1v) is 7.28. The van der Waals surface area contributed by atoms with Crippen LogP contribution in [0.4, 0.5) is 0 Å². The molecule has 0 amide bonds. The molecule has 0 saturated carbocycles. The van der Waals surface area contributed by atoms with Crippen LogP contribution in [-0.2, 0) is 17.8 Å². The molecule has 1 N–H and O–H groups in total. The minimum absolute atomic E-state index is 0.885. The molecule has 1 aliphatic heterocycles. The summed E-state index contributed by atoms with van der Waals surface area (Å²) in [7, 11) is 0. The lowest BCUT2D eigenvalue weighted by Crippen LogP contribution is -2.35. The maximum Gasteiger partial charge on any atom is 0.0594 e. The molecular formula is C13H22N2OS. The monoisotopic (exact) mass is 254 g/mol. The van der Waals surface area contributed by atoms with E-state index in [-0.39, 0.29) is 0 Å². The summed E-state index contributed by atoms with van der Waals surface area (Å²) in [6, 6.07) is 4.52. The molecule has 1 aliphatic rings. The minimum atomic E-state index is 0.885. The van der Waals surface area contributed by atoms with E-state index in [0.717, 1.165) is 45.9 Å². The van der Waals surface area contributed by atoms with E-state index < -0.39 is 0 Å². The highest BCUT2D eigenvalue weighted by Gasteiger charge is 2.11. The van der Waals surface area contributed by atoms with Crippen molar-refractivity contribution in [3.05, 3.63) is 21.9 Å². The summed E-state index contributed by atoms with van der Waals surface area (Å²) in [5, 5.41) is 3.45. The van der Waals surface area contributed by atoms with E-state index in [9.17, 15) is 0 Å². The fraction of sp³-hybridized carbons (Fsp3) is 0.692. The molecule has 0 spiro atoms. The van der Waals surface area contributed by atoms with Crippen LogP contribution in [0, 0.1) is 0 Å². The van der Waals surface area contributed by atoms with Gasteiger partial charge in [-0.3, -0.25) is 4.90 Å². The van der Waals surface area contributed by atoms with Gasteiger partial charge in [-0.25, -0.2) is 0 Å². The Labute approximate surface area is 108 Å². The molecule has 1 fully saturated rings. The average molecular weight is 254 g/mol. The van der Waals surface area contributed by atoms with Crippen molar-refractivity contribution in [1.29, 1.82) is 0 Å². The van der Waals surface area contributed by atoms with Gasteiger partial charge in [0, 0.05) is 35.9 Å². The van der Waals surface area contributed by atoms with E-state index in [4.69, 9.17) is 4.74 Å². The van der Waals surface area contributed by atoms with Crippen molar-refractivity contribution in [3.8, 4) is 0 Å². The predicted octanol–water partition coefficient (Wildman–Crippen LogP) is 2.08. The summed E-state index contributed by atoms with van der Waals surface area (Å²) in [5.74, 6) is 0. The van der Waals surface area contributed by atoms with Crippen LogP contribution in [0.3, 0.4) is 0 Å².